The number of nitriles is 1. The zero-order chi connectivity index (χ0) is 20.2. The van der Waals surface area contributed by atoms with E-state index < -0.39 is 5.97 Å². The fourth-order valence-corrected chi connectivity index (χ4v) is 3.00. The van der Waals surface area contributed by atoms with Crippen LogP contribution in [0.5, 0.6) is 0 Å². The van der Waals surface area contributed by atoms with Gasteiger partial charge in [-0.25, -0.2) is 9.48 Å². The zero-order valence-corrected chi connectivity index (χ0v) is 15.7. The molecule has 0 N–H and O–H groups in total. The fraction of sp³-hybridized carbons (Fsp3) is 0.0870. The van der Waals surface area contributed by atoms with Gasteiger partial charge in [-0.15, -0.1) is 0 Å². The van der Waals surface area contributed by atoms with Crippen LogP contribution in [0.15, 0.2) is 76.9 Å². The molecule has 142 valence electrons. The lowest BCUT2D eigenvalue weighted by Gasteiger charge is -1.99. The molecule has 0 amide bonds. The molecule has 2 aromatic carbocycles. The molecule has 2 aromatic heterocycles. The molecular formula is C23H17N3O3. The first-order valence-corrected chi connectivity index (χ1v) is 9.12. The van der Waals surface area contributed by atoms with Gasteiger partial charge in [0.05, 0.1) is 12.3 Å². The molecule has 6 heteroatoms. The second-order valence-corrected chi connectivity index (χ2v) is 6.25. The van der Waals surface area contributed by atoms with Gasteiger partial charge in [-0.1, -0.05) is 36.4 Å². The molecular weight excluding hydrogens is 366 g/mol. The minimum absolute atomic E-state index is 0.100. The van der Waals surface area contributed by atoms with Crippen LogP contribution in [0, 0.1) is 11.3 Å². The van der Waals surface area contributed by atoms with Gasteiger partial charge in [-0.3, -0.25) is 0 Å². The van der Waals surface area contributed by atoms with Crippen molar-refractivity contribution in [1.29, 1.82) is 5.26 Å². The van der Waals surface area contributed by atoms with Gasteiger partial charge in [0.15, 0.2) is 5.76 Å². The molecule has 29 heavy (non-hydrogen) atoms. The molecule has 0 aliphatic rings. The van der Waals surface area contributed by atoms with Gasteiger partial charge < -0.3 is 9.15 Å². The van der Waals surface area contributed by atoms with Crippen LogP contribution in [0.2, 0.25) is 0 Å². The minimum Gasteiger partial charge on any atom is -0.462 e. The van der Waals surface area contributed by atoms with Gasteiger partial charge in [-0.2, -0.15) is 10.4 Å². The summed E-state index contributed by atoms with van der Waals surface area (Å²) in [7, 11) is 0. The summed E-state index contributed by atoms with van der Waals surface area (Å²) in [4.78, 5) is 12.1. The number of rotatable bonds is 5. The van der Waals surface area contributed by atoms with E-state index in [0.717, 1.165) is 16.7 Å². The van der Waals surface area contributed by atoms with Crippen LogP contribution >= 0.6 is 0 Å². The number of fused-ring (bicyclic) bond motifs is 1. The van der Waals surface area contributed by atoms with Crippen molar-refractivity contribution in [3.05, 3.63) is 78.0 Å². The van der Waals surface area contributed by atoms with Crippen molar-refractivity contribution in [3.63, 3.8) is 0 Å². The second kappa shape index (κ2) is 7.87. The summed E-state index contributed by atoms with van der Waals surface area (Å²) in [6.45, 7) is 1.89. The third-order valence-corrected chi connectivity index (χ3v) is 4.34. The van der Waals surface area contributed by atoms with Crippen LogP contribution in [0.25, 0.3) is 34.2 Å². The number of hydrogen-bond donors (Lipinski definition) is 0. The van der Waals surface area contributed by atoms with Gasteiger partial charge in [0.2, 0.25) is 0 Å². The second-order valence-electron chi connectivity index (χ2n) is 6.25. The summed E-state index contributed by atoms with van der Waals surface area (Å²) >= 11 is 0. The van der Waals surface area contributed by atoms with E-state index in [2.05, 4.69) is 5.10 Å². The Labute approximate surface area is 167 Å². The fourth-order valence-electron chi connectivity index (χ4n) is 3.00. The predicted molar refractivity (Wildman–Crippen MR) is 109 cm³/mol. The van der Waals surface area contributed by atoms with Crippen LogP contribution in [0.4, 0.5) is 0 Å². The summed E-state index contributed by atoms with van der Waals surface area (Å²) in [6, 6.07) is 21.0. The lowest BCUT2D eigenvalue weighted by Crippen LogP contribution is -2.06. The van der Waals surface area contributed by atoms with Gasteiger partial charge in [0, 0.05) is 17.1 Å². The Morgan fingerprint density at radius 1 is 1.21 bits per heavy atom. The molecule has 4 aromatic rings. The maximum absolute atomic E-state index is 12.1. The SMILES string of the molecule is CCOC(=O)C(C#N)=Cc1cn(-c2ccccc2)nc1-c1cc2ccccc2o1. The number of nitrogens with zero attached hydrogens (tertiary/aromatic N) is 3. The third kappa shape index (κ3) is 3.66. The average Bonchev–Trinajstić information content (AvgIpc) is 3.36. The van der Waals surface area contributed by atoms with E-state index in [9.17, 15) is 10.1 Å². The normalized spacial score (nSPS) is 11.4. The number of ether oxygens (including phenoxy) is 1. The Bertz CT molecular complexity index is 1210. The number of aromatic nitrogens is 2. The van der Waals surface area contributed by atoms with Crippen molar-refractivity contribution in [2.75, 3.05) is 6.61 Å². The lowest BCUT2D eigenvalue weighted by molar-refractivity contribution is -0.137. The zero-order valence-electron chi connectivity index (χ0n) is 15.7. The van der Waals surface area contributed by atoms with Crippen LogP contribution < -0.4 is 0 Å². The van der Waals surface area contributed by atoms with Crippen molar-refractivity contribution < 1.29 is 13.9 Å². The Hall–Kier alpha value is -4.11. The Morgan fingerprint density at radius 2 is 1.97 bits per heavy atom. The molecule has 0 fully saturated rings. The smallest absolute Gasteiger partial charge is 0.348 e. The summed E-state index contributed by atoms with van der Waals surface area (Å²) < 4.78 is 12.6. The number of hydrogen-bond acceptors (Lipinski definition) is 5. The maximum Gasteiger partial charge on any atom is 0.348 e. The molecule has 0 radical (unpaired) electrons. The molecule has 2 heterocycles. The van der Waals surface area contributed by atoms with E-state index >= 15 is 0 Å². The Morgan fingerprint density at radius 3 is 2.69 bits per heavy atom. The highest BCUT2D eigenvalue weighted by Crippen LogP contribution is 2.31. The van der Waals surface area contributed by atoms with Gasteiger partial charge in [0.25, 0.3) is 0 Å². The number of benzene rings is 2. The quantitative estimate of drug-likeness (QED) is 0.282. The number of furan rings is 1. The van der Waals surface area contributed by atoms with E-state index in [0.29, 0.717) is 17.0 Å². The van der Waals surface area contributed by atoms with Crippen molar-refractivity contribution in [2.24, 2.45) is 0 Å². The van der Waals surface area contributed by atoms with Crippen molar-refractivity contribution >= 4 is 23.0 Å². The molecule has 0 saturated heterocycles. The topological polar surface area (TPSA) is 81.0 Å². The van der Waals surface area contributed by atoms with E-state index in [-0.39, 0.29) is 12.2 Å². The van der Waals surface area contributed by atoms with Crippen molar-refractivity contribution in [3.8, 4) is 23.2 Å². The molecule has 0 atom stereocenters. The Kier molecular flexibility index (Phi) is 4.95. The van der Waals surface area contributed by atoms with E-state index in [1.807, 2.05) is 66.7 Å². The molecule has 0 aliphatic heterocycles. The lowest BCUT2D eigenvalue weighted by atomic mass is 10.1. The highest BCUT2D eigenvalue weighted by molar-refractivity contribution is 5.99. The molecule has 0 spiro atoms. The largest absolute Gasteiger partial charge is 0.462 e. The van der Waals surface area contributed by atoms with Crippen LogP contribution in [0.3, 0.4) is 0 Å². The van der Waals surface area contributed by atoms with Crippen LogP contribution in [-0.2, 0) is 9.53 Å². The predicted octanol–water partition coefficient (Wildman–Crippen LogP) is 4.76. The summed E-state index contributed by atoms with van der Waals surface area (Å²) in [5.41, 5.74) is 2.59. The standard InChI is InChI=1S/C23H17N3O3/c1-2-28-23(27)17(14-24)12-18-15-26(19-9-4-3-5-10-19)25-22(18)21-13-16-8-6-7-11-20(16)29-21/h3-13,15H,2H2,1H3. The third-order valence-electron chi connectivity index (χ3n) is 4.34. The Balaban J connectivity index is 1.87. The summed E-state index contributed by atoms with van der Waals surface area (Å²) in [5.74, 6) is -0.119. The van der Waals surface area contributed by atoms with Gasteiger partial charge in [-0.05, 0) is 37.3 Å². The number of carbonyl (C=O) groups excluding carboxylic acids is 1. The molecule has 4 rings (SSSR count). The first kappa shape index (κ1) is 18.3. The van der Waals surface area contributed by atoms with Crippen molar-refractivity contribution in [2.45, 2.75) is 6.92 Å². The minimum atomic E-state index is -0.669. The molecule has 0 saturated carbocycles. The van der Waals surface area contributed by atoms with E-state index in [4.69, 9.17) is 9.15 Å². The number of carbonyl (C=O) groups is 1. The monoisotopic (exact) mass is 383 g/mol. The van der Waals surface area contributed by atoms with Gasteiger partial charge >= 0.3 is 5.97 Å². The van der Waals surface area contributed by atoms with Crippen LogP contribution in [0.1, 0.15) is 12.5 Å². The first-order valence-electron chi connectivity index (χ1n) is 9.12. The average molecular weight is 383 g/mol. The van der Waals surface area contributed by atoms with Gasteiger partial charge in [0.1, 0.15) is 22.9 Å². The molecule has 0 bridgehead atoms. The summed E-state index contributed by atoms with van der Waals surface area (Å²) in [6.07, 6.45) is 3.24. The highest BCUT2D eigenvalue weighted by Gasteiger charge is 2.18. The summed E-state index contributed by atoms with van der Waals surface area (Å²) in [5, 5.41) is 15.0. The highest BCUT2D eigenvalue weighted by atomic mass is 16.5. The number of esters is 1. The molecule has 6 nitrogen and oxygen atoms in total. The maximum atomic E-state index is 12.1. The first-order chi connectivity index (χ1) is 14.2. The molecule has 0 aliphatic carbocycles. The number of para-hydroxylation sites is 2. The van der Waals surface area contributed by atoms with E-state index in [1.165, 1.54) is 6.08 Å². The molecule has 0 unspecified atom stereocenters. The van der Waals surface area contributed by atoms with Crippen molar-refractivity contribution in [1.82, 2.24) is 9.78 Å². The van der Waals surface area contributed by atoms with Crippen LogP contribution in [-0.4, -0.2) is 22.4 Å². The van der Waals surface area contributed by atoms with E-state index in [1.54, 1.807) is 17.8 Å².